The van der Waals surface area contributed by atoms with Crippen molar-refractivity contribution in [2.75, 3.05) is 25.0 Å². The Morgan fingerprint density at radius 3 is 3.05 bits per heavy atom. The molecule has 1 unspecified atom stereocenters. The Morgan fingerprint density at radius 1 is 1.37 bits per heavy atom. The van der Waals surface area contributed by atoms with Crippen molar-refractivity contribution >= 4 is 16.6 Å². The van der Waals surface area contributed by atoms with Crippen molar-refractivity contribution in [2.45, 2.75) is 18.9 Å². The molecule has 100 valence electrons. The summed E-state index contributed by atoms with van der Waals surface area (Å²) >= 11 is 0. The molecule has 1 saturated heterocycles. The second kappa shape index (κ2) is 5.05. The zero-order valence-electron chi connectivity index (χ0n) is 11.1. The first-order valence-electron chi connectivity index (χ1n) is 6.82. The fourth-order valence-electron chi connectivity index (χ4n) is 2.80. The lowest BCUT2D eigenvalue weighted by Crippen LogP contribution is -2.45. The molecule has 1 fully saturated rings. The van der Waals surface area contributed by atoms with Crippen LogP contribution in [0.2, 0.25) is 0 Å². The van der Waals surface area contributed by atoms with Gasteiger partial charge in [-0.05, 0) is 37.4 Å². The third kappa shape index (κ3) is 2.36. The molecule has 0 spiro atoms. The maximum Gasteiger partial charge on any atom is 0.257 e. The second-order valence-corrected chi connectivity index (χ2v) is 5.14. The van der Waals surface area contributed by atoms with E-state index < -0.39 is 0 Å². The summed E-state index contributed by atoms with van der Waals surface area (Å²) in [5, 5.41) is 5.09. The number of nitrogens with one attached hydrogen (secondary N) is 2. The normalized spacial score (nSPS) is 19.8. The van der Waals surface area contributed by atoms with Gasteiger partial charge in [0.15, 0.2) is 0 Å². The van der Waals surface area contributed by atoms with Gasteiger partial charge >= 0.3 is 0 Å². The summed E-state index contributed by atoms with van der Waals surface area (Å²) in [7, 11) is 2.00. The molecule has 2 aromatic rings. The highest BCUT2D eigenvalue weighted by molar-refractivity contribution is 5.83. The fourth-order valence-corrected chi connectivity index (χ4v) is 2.80. The van der Waals surface area contributed by atoms with Gasteiger partial charge in [0.05, 0.1) is 0 Å². The number of piperidine rings is 1. The molecule has 19 heavy (non-hydrogen) atoms. The molecule has 0 saturated carbocycles. The van der Waals surface area contributed by atoms with Crippen LogP contribution in [0.1, 0.15) is 12.8 Å². The Balaban J connectivity index is 1.99. The molecule has 2 N–H and O–H groups in total. The number of likely N-dealkylation sites (N-methyl/N-ethyl adjacent to an activating group) is 1. The van der Waals surface area contributed by atoms with Crippen LogP contribution in [-0.2, 0) is 0 Å². The van der Waals surface area contributed by atoms with E-state index in [2.05, 4.69) is 21.3 Å². The molecular weight excluding hydrogens is 238 g/mol. The first kappa shape index (κ1) is 12.2. The van der Waals surface area contributed by atoms with E-state index in [1.807, 2.05) is 31.3 Å². The second-order valence-electron chi connectivity index (χ2n) is 5.14. The van der Waals surface area contributed by atoms with E-state index in [4.69, 9.17) is 0 Å². The molecule has 1 atom stereocenters. The molecule has 0 bridgehead atoms. The predicted molar refractivity (Wildman–Crippen MR) is 78.9 cm³/mol. The number of rotatable bonds is 2. The number of hydrogen-bond donors (Lipinski definition) is 2. The average molecular weight is 257 g/mol. The fraction of sp³-hybridized carbons (Fsp3) is 0.400. The number of benzene rings is 1. The van der Waals surface area contributed by atoms with Crippen LogP contribution in [0.15, 0.2) is 35.1 Å². The standard InChI is InChI=1S/C15H19N3O/c1-16-12-6-4-8-18(10-12)14-9-11-5-2-3-7-13(11)15(19)17-14/h2-3,5,7,9,12,16H,4,6,8,10H2,1H3,(H,17,19). The summed E-state index contributed by atoms with van der Waals surface area (Å²) in [6, 6.07) is 10.3. The largest absolute Gasteiger partial charge is 0.357 e. The van der Waals surface area contributed by atoms with Crippen LogP contribution in [0, 0.1) is 0 Å². The lowest BCUT2D eigenvalue weighted by Gasteiger charge is -2.33. The minimum absolute atomic E-state index is 0.000295. The molecule has 2 heterocycles. The van der Waals surface area contributed by atoms with Gasteiger partial charge in [-0.15, -0.1) is 0 Å². The highest BCUT2D eigenvalue weighted by Gasteiger charge is 2.19. The number of hydrogen-bond acceptors (Lipinski definition) is 3. The maximum absolute atomic E-state index is 12.1. The first-order chi connectivity index (χ1) is 9.28. The molecule has 1 aliphatic heterocycles. The molecule has 1 aromatic heterocycles. The molecule has 1 aromatic carbocycles. The van der Waals surface area contributed by atoms with Gasteiger partial charge in [-0.1, -0.05) is 18.2 Å². The van der Waals surface area contributed by atoms with E-state index >= 15 is 0 Å². The molecule has 4 heteroatoms. The Morgan fingerprint density at radius 2 is 2.21 bits per heavy atom. The Bertz CT molecular complexity index is 635. The van der Waals surface area contributed by atoms with Gasteiger partial charge in [0.25, 0.3) is 5.56 Å². The minimum Gasteiger partial charge on any atom is -0.357 e. The molecule has 3 rings (SSSR count). The van der Waals surface area contributed by atoms with Crippen molar-refractivity contribution in [2.24, 2.45) is 0 Å². The molecular formula is C15H19N3O. The summed E-state index contributed by atoms with van der Waals surface area (Å²) in [6.07, 6.45) is 2.35. The van der Waals surface area contributed by atoms with Gasteiger partial charge in [0.2, 0.25) is 0 Å². The molecule has 4 nitrogen and oxygen atoms in total. The van der Waals surface area contributed by atoms with E-state index in [0.717, 1.165) is 36.1 Å². The Labute approximate surface area is 112 Å². The number of fused-ring (bicyclic) bond motifs is 1. The van der Waals surface area contributed by atoms with E-state index in [0.29, 0.717) is 6.04 Å². The van der Waals surface area contributed by atoms with E-state index in [1.54, 1.807) is 0 Å². The Kier molecular flexibility index (Phi) is 3.25. The van der Waals surface area contributed by atoms with Crippen molar-refractivity contribution in [3.8, 4) is 0 Å². The van der Waals surface area contributed by atoms with Gasteiger partial charge in [-0.3, -0.25) is 4.79 Å². The Hall–Kier alpha value is -1.81. The van der Waals surface area contributed by atoms with E-state index in [9.17, 15) is 4.79 Å². The summed E-state index contributed by atoms with van der Waals surface area (Å²) in [5.41, 5.74) is -0.000295. The third-order valence-electron chi connectivity index (χ3n) is 3.91. The van der Waals surface area contributed by atoms with E-state index in [-0.39, 0.29) is 5.56 Å². The van der Waals surface area contributed by atoms with Crippen molar-refractivity contribution in [3.63, 3.8) is 0 Å². The lowest BCUT2D eigenvalue weighted by atomic mass is 10.1. The van der Waals surface area contributed by atoms with Gasteiger partial charge in [-0.2, -0.15) is 0 Å². The summed E-state index contributed by atoms with van der Waals surface area (Å²) in [6.45, 7) is 1.96. The van der Waals surface area contributed by atoms with Crippen molar-refractivity contribution in [1.29, 1.82) is 0 Å². The van der Waals surface area contributed by atoms with Crippen LogP contribution in [-0.4, -0.2) is 31.2 Å². The smallest absolute Gasteiger partial charge is 0.257 e. The average Bonchev–Trinajstić information content (AvgIpc) is 2.47. The molecule has 1 aliphatic rings. The number of aromatic nitrogens is 1. The van der Waals surface area contributed by atoms with Crippen LogP contribution in [0.4, 0.5) is 5.82 Å². The zero-order chi connectivity index (χ0) is 13.2. The van der Waals surface area contributed by atoms with Crippen LogP contribution in [0.5, 0.6) is 0 Å². The van der Waals surface area contributed by atoms with Gasteiger partial charge < -0.3 is 15.2 Å². The van der Waals surface area contributed by atoms with Crippen LogP contribution in [0.25, 0.3) is 10.8 Å². The number of anilines is 1. The highest BCUT2D eigenvalue weighted by atomic mass is 16.1. The van der Waals surface area contributed by atoms with Gasteiger partial charge in [0, 0.05) is 24.5 Å². The third-order valence-corrected chi connectivity index (χ3v) is 3.91. The number of aromatic amines is 1. The van der Waals surface area contributed by atoms with Crippen molar-refractivity contribution in [1.82, 2.24) is 10.3 Å². The predicted octanol–water partition coefficient (Wildman–Crippen LogP) is 1.72. The molecule has 0 aliphatic carbocycles. The minimum atomic E-state index is -0.000295. The van der Waals surface area contributed by atoms with Crippen LogP contribution < -0.4 is 15.8 Å². The van der Waals surface area contributed by atoms with Crippen molar-refractivity contribution < 1.29 is 0 Å². The summed E-state index contributed by atoms with van der Waals surface area (Å²) in [4.78, 5) is 17.4. The lowest BCUT2D eigenvalue weighted by molar-refractivity contribution is 0.447. The highest BCUT2D eigenvalue weighted by Crippen LogP contribution is 2.20. The summed E-state index contributed by atoms with van der Waals surface area (Å²) < 4.78 is 0. The van der Waals surface area contributed by atoms with Crippen molar-refractivity contribution in [3.05, 3.63) is 40.7 Å². The monoisotopic (exact) mass is 257 g/mol. The summed E-state index contributed by atoms with van der Waals surface area (Å²) in [5.74, 6) is 0.934. The van der Waals surface area contributed by atoms with Gasteiger partial charge in [0.1, 0.15) is 5.82 Å². The zero-order valence-corrected chi connectivity index (χ0v) is 11.1. The number of pyridine rings is 1. The SMILES string of the molecule is CNC1CCCN(c2cc3ccccc3c(=O)[nH]2)C1. The topological polar surface area (TPSA) is 48.1 Å². The number of nitrogens with zero attached hydrogens (tertiary/aromatic N) is 1. The quantitative estimate of drug-likeness (QED) is 0.861. The van der Waals surface area contributed by atoms with Crippen LogP contribution >= 0.6 is 0 Å². The van der Waals surface area contributed by atoms with Gasteiger partial charge in [-0.25, -0.2) is 0 Å². The first-order valence-corrected chi connectivity index (χ1v) is 6.82. The maximum atomic E-state index is 12.1. The molecule has 0 radical (unpaired) electrons. The molecule has 0 amide bonds. The number of H-pyrrole nitrogens is 1. The van der Waals surface area contributed by atoms with Crippen LogP contribution in [0.3, 0.4) is 0 Å². The van der Waals surface area contributed by atoms with E-state index in [1.165, 1.54) is 6.42 Å².